The van der Waals surface area contributed by atoms with Gasteiger partial charge < -0.3 is 4.42 Å². The van der Waals surface area contributed by atoms with E-state index in [-0.39, 0.29) is 4.83 Å². The lowest BCUT2D eigenvalue weighted by molar-refractivity contribution is 0.564. The first-order chi connectivity index (χ1) is 7.70. The molecule has 0 fully saturated rings. The minimum Gasteiger partial charge on any atom is -0.453 e. The van der Waals surface area contributed by atoms with Crippen molar-refractivity contribution in [2.24, 2.45) is 0 Å². The molecule has 0 radical (unpaired) electrons. The molecule has 0 aliphatic heterocycles. The normalized spacial score (nSPS) is 14.7. The first-order valence-corrected chi connectivity index (χ1v) is 6.26. The van der Waals surface area contributed by atoms with E-state index >= 15 is 0 Å². The third-order valence-electron chi connectivity index (χ3n) is 2.61. The molecule has 84 valence electrons. The molecule has 0 saturated heterocycles. The maximum atomic E-state index is 5.96. The van der Waals surface area contributed by atoms with Crippen molar-refractivity contribution in [1.29, 1.82) is 0 Å². The lowest BCUT2D eigenvalue weighted by atomic mass is 9.96. The van der Waals surface area contributed by atoms with E-state index in [0.29, 0.717) is 11.1 Å². The van der Waals surface area contributed by atoms with Crippen molar-refractivity contribution in [2.75, 3.05) is 0 Å². The van der Waals surface area contributed by atoms with E-state index in [1.807, 2.05) is 18.2 Å². The minimum atomic E-state index is 0.140. The largest absolute Gasteiger partial charge is 0.453 e. The molecule has 0 amide bonds. The molecule has 2 aromatic rings. The number of aromatic nitrogens is 1. The van der Waals surface area contributed by atoms with Crippen LogP contribution in [0.25, 0.3) is 0 Å². The molecule has 2 rings (SSSR count). The van der Waals surface area contributed by atoms with Crippen LogP contribution in [-0.4, -0.2) is 4.98 Å². The van der Waals surface area contributed by atoms with Gasteiger partial charge in [0.15, 0.2) is 5.22 Å². The van der Waals surface area contributed by atoms with Crippen LogP contribution in [0.2, 0.25) is 5.22 Å². The van der Waals surface area contributed by atoms with E-state index < -0.39 is 0 Å². The van der Waals surface area contributed by atoms with Crippen molar-refractivity contribution in [1.82, 2.24) is 4.98 Å². The van der Waals surface area contributed by atoms with Gasteiger partial charge in [-0.25, -0.2) is 0 Å². The smallest absolute Gasteiger partial charge is 0.197 e. The van der Waals surface area contributed by atoms with Gasteiger partial charge in [-0.3, -0.25) is 4.98 Å². The molecule has 0 N–H and O–H groups in total. The average Bonchev–Trinajstić information content (AvgIpc) is 2.75. The highest BCUT2D eigenvalue weighted by Crippen LogP contribution is 2.40. The van der Waals surface area contributed by atoms with E-state index in [1.54, 1.807) is 18.7 Å². The third kappa shape index (κ3) is 2.30. The van der Waals surface area contributed by atoms with E-state index in [0.717, 1.165) is 5.56 Å². The van der Waals surface area contributed by atoms with Crippen LogP contribution in [-0.2, 0) is 0 Å². The van der Waals surface area contributed by atoms with Crippen molar-refractivity contribution in [3.63, 3.8) is 0 Å². The molecular weight excluding hydrogens is 289 g/mol. The highest BCUT2D eigenvalue weighted by molar-refractivity contribution is 9.09. The zero-order valence-corrected chi connectivity index (χ0v) is 11.1. The molecule has 4 heteroatoms. The summed E-state index contributed by atoms with van der Waals surface area (Å²) in [4.78, 5) is 4.15. The van der Waals surface area contributed by atoms with Gasteiger partial charge in [0.05, 0.1) is 11.1 Å². The number of hydrogen-bond acceptors (Lipinski definition) is 2. The number of halogens is 2. The Labute approximate surface area is 108 Å². The molecule has 2 nitrogen and oxygen atoms in total. The van der Waals surface area contributed by atoms with E-state index in [9.17, 15) is 0 Å². The van der Waals surface area contributed by atoms with E-state index in [2.05, 4.69) is 27.8 Å². The van der Waals surface area contributed by atoms with Crippen LogP contribution in [0.3, 0.4) is 0 Å². The molecule has 0 aliphatic rings. The van der Waals surface area contributed by atoms with E-state index in [1.165, 1.54) is 5.56 Å². The van der Waals surface area contributed by atoms with Crippen LogP contribution >= 0.6 is 27.5 Å². The predicted molar refractivity (Wildman–Crippen MR) is 68.0 cm³/mol. The van der Waals surface area contributed by atoms with Gasteiger partial charge in [-0.15, -0.1) is 0 Å². The summed E-state index contributed by atoms with van der Waals surface area (Å²) in [6.07, 6.45) is 5.19. The highest BCUT2D eigenvalue weighted by atomic mass is 79.9. The quantitative estimate of drug-likeness (QED) is 0.776. The predicted octanol–water partition coefficient (Wildman–Crippen LogP) is 4.57. The zero-order valence-electron chi connectivity index (χ0n) is 8.73. The van der Waals surface area contributed by atoms with Crippen molar-refractivity contribution in [3.05, 3.63) is 53.2 Å². The van der Waals surface area contributed by atoms with Crippen molar-refractivity contribution in [3.8, 4) is 0 Å². The summed E-state index contributed by atoms with van der Waals surface area (Å²) in [5, 5.41) is 0.447. The Morgan fingerprint density at radius 1 is 1.31 bits per heavy atom. The third-order valence-corrected chi connectivity index (χ3v) is 4.21. The van der Waals surface area contributed by atoms with Crippen molar-refractivity contribution < 1.29 is 4.42 Å². The summed E-state index contributed by atoms with van der Waals surface area (Å²) >= 11 is 9.61. The minimum absolute atomic E-state index is 0.140. The van der Waals surface area contributed by atoms with Crippen LogP contribution < -0.4 is 0 Å². The number of hydrogen-bond donors (Lipinski definition) is 0. The molecule has 0 saturated carbocycles. The highest BCUT2D eigenvalue weighted by Gasteiger charge is 2.21. The first-order valence-electron chi connectivity index (χ1n) is 4.97. The fourth-order valence-corrected chi connectivity index (χ4v) is 2.64. The summed E-state index contributed by atoms with van der Waals surface area (Å²) in [7, 11) is 0. The molecule has 0 aliphatic carbocycles. The van der Waals surface area contributed by atoms with Crippen LogP contribution in [0, 0.1) is 0 Å². The Morgan fingerprint density at radius 2 is 2.00 bits per heavy atom. The average molecular weight is 301 g/mol. The maximum absolute atomic E-state index is 5.96. The van der Waals surface area contributed by atoms with Gasteiger partial charge in [-0.05, 0) is 41.3 Å². The standard InChI is InChI=1S/C12H11BrClNO/c1-8(9-2-5-15-6-3-9)11(13)10-4-7-16-12(10)14/h2-8,11H,1H3. The van der Waals surface area contributed by atoms with Crippen LogP contribution in [0.15, 0.2) is 41.3 Å². The van der Waals surface area contributed by atoms with Gasteiger partial charge in [0.1, 0.15) is 0 Å². The van der Waals surface area contributed by atoms with Gasteiger partial charge in [0, 0.05) is 18.0 Å². The maximum Gasteiger partial charge on any atom is 0.197 e. The monoisotopic (exact) mass is 299 g/mol. The number of rotatable bonds is 3. The second kappa shape index (κ2) is 5.02. The fourth-order valence-electron chi connectivity index (χ4n) is 1.61. The second-order valence-corrected chi connectivity index (χ2v) is 4.95. The van der Waals surface area contributed by atoms with Gasteiger partial charge in [0.2, 0.25) is 0 Å². The molecule has 16 heavy (non-hydrogen) atoms. The lowest BCUT2D eigenvalue weighted by Crippen LogP contribution is -2.01. The fraction of sp³-hybridized carbons (Fsp3) is 0.250. The van der Waals surface area contributed by atoms with Crippen LogP contribution in [0.1, 0.15) is 28.8 Å². The molecule has 0 bridgehead atoms. The molecule has 0 spiro atoms. The Balaban J connectivity index is 2.23. The summed E-state index contributed by atoms with van der Waals surface area (Å²) in [5.74, 6) is 0.304. The molecular formula is C12H11BrClNO. The SMILES string of the molecule is CC(c1ccncc1)C(Br)c1ccoc1Cl. The molecule has 2 aromatic heterocycles. The number of nitrogens with zero attached hydrogens (tertiary/aromatic N) is 1. The van der Waals surface area contributed by atoms with E-state index in [4.69, 9.17) is 16.0 Å². The Hall–Kier alpha value is -0.800. The molecule has 0 aromatic carbocycles. The van der Waals surface area contributed by atoms with Gasteiger partial charge in [-0.2, -0.15) is 0 Å². The number of furan rings is 1. The second-order valence-electron chi connectivity index (χ2n) is 3.62. The number of alkyl halides is 1. The van der Waals surface area contributed by atoms with Gasteiger partial charge >= 0.3 is 0 Å². The van der Waals surface area contributed by atoms with Gasteiger partial charge in [0.25, 0.3) is 0 Å². The molecule has 2 atom stereocenters. The van der Waals surface area contributed by atoms with Crippen molar-refractivity contribution in [2.45, 2.75) is 17.7 Å². The summed E-state index contributed by atoms with van der Waals surface area (Å²) in [5.41, 5.74) is 2.19. The number of pyridine rings is 1. The Morgan fingerprint density at radius 3 is 2.56 bits per heavy atom. The Kier molecular flexibility index (Phi) is 3.66. The summed E-state index contributed by atoms with van der Waals surface area (Å²) in [6.45, 7) is 2.14. The molecule has 2 unspecified atom stereocenters. The Bertz CT molecular complexity index is 457. The van der Waals surface area contributed by atoms with Gasteiger partial charge in [-0.1, -0.05) is 22.9 Å². The molecule has 2 heterocycles. The van der Waals surface area contributed by atoms with Crippen molar-refractivity contribution >= 4 is 27.5 Å². The summed E-state index contributed by atoms with van der Waals surface area (Å²) in [6, 6.07) is 5.90. The lowest BCUT2D eigenvalue weighted by Gasteiger charge is -2.17. The zero-order chi connectivity index (χ0) is 11.5. The van der Waals surface area contributed by atoms with Crippen LogP contribution in [0.4, 0.5) is 0 Å². The first kappa shape index (κ1) is 11.7. The topological polar surface area (TPSA) is 26.0 Å². The van der Waals surface area contributed by atoms with Crippen LogP contribution in [0.5, 0.6) is 0 Å². The summed E-state index contributed by atoms with van der Waals surface area (Å²) < 4.78 is 5.09.